The number of amides is 1. The first-order valence-electron chi connectivity index (χ1n) is 8.12. The molecule has 23 heavy (non-hydrogen) atoms. The molecule has 0 radical (unpaired) electrons. The van der Waals surface area contributed by atoms with E-state index < -0.39 is 17.9 Å². The van der Waals surface area contributed by atoms with Crippen LogP contribution in [0.2, 0.25) is 0 Å². The minimum absolute atomic E-state index is 0.0464. The van der Waals surface area contributed by atoms with Crippen LogP contribution in [-0.4, -0.2) is 62.1 Å². The van der Waals surface area contributed by atoms with Crippen molar-refractivity contribution >= 4 is 17.8 Å². The van der Waals surface area contributed by atoms with Crippen molar-refractivity contribution in [1.82, 2.24) is 10.2 Å². The van der Waals surface area contributed by atoms with Gasteiger partial charge in [-0.2, -0.15) is 0 Å². The minimum Gasteiger partial charge on any atom is -0.465 e. The molecule has 0 saturated carbocycles. The number of hydrogen-bond acceptors (Lipinski definition) is 6. The Morgan fingerprint density at radius 1 is 1.04 bits per heavy atom. The normalized spacial score (nSPS) is 11.0. The molecule has 0 aromatic heterocycles. The molecule has 0 aromatic rings. The predicted octanol–water partition coefficient (Wildman–Crippen LogP) is 0.965. The van der Waals surface area contributed by atoms with E-state index in [2.05, 4.69) is 5.32 Å². The van der Waals surface area contributed by atoms with E-state index in [1.54, 1.807) is 13.8 Å². The van der Waals surface area contributed by atoms with Crippen LogP contribution in [0.1, 0.15) is 40.5 Å². The molecule has 7 heteroatoms. The largest absolute Gasteiger partial charge is 0.465 e. The molecule has 0 rings (SSSR count). The minimum atomic E-state index is -0.896. The third-order valence-corrected chi connectivity index (χ3v) is 3.04. The highest BCUT2D eigenvalue weighted by Gasteiger charge is 2.29. The lowest BCUT2D eigenvalue weighted by Gasteiger charge is -2.19. The van der Waals surface area contributed by atoms with Gasteiger partial charge in [-0.15, -0.1) is 0 Å². The molecule has 0 saturated heterocycles. The SMILES string of the molecule is CCOC(=O)C(CCCN(C)CC(=O)NC(C)C)C(=O)OCC. The molecule has 134 valence electrons. The first-order valence-corrected chi connectivity index (χ1v) is 8.12. The zero-order valence-corrected chi connectivity index (χ0v) is 14.9. The molecule has 0 spiro atoms. The average Bonchev–Trinajstić information content (AvgIpc) is 2.42. The van der Waals surface area contributed by atoms with Crippen LogP contribution in [0.3, 0.4) is 0 Å². The number of nitrogens with one attached hydrogen (secondary N) is 1. The highest BCUT2D eigenvalue weighted by molar-refractivity contribution is 5.94. The highest BCUT2D eigenvalue weighted by Crippen LogP contribution is 2.12. The second-order valence-corrected chi connectivity index (χ2v) is 5.66. The fourth-order valence-corrected chi connectivity index (χ4v) is 2.07. The summed E-state index contributed by atoms with van der Waals surface area (Å²) in [5, 5.41) is 2.81. The van der Waals surface area contributed by atoms with Crippen LogP contribution in [0.25, 0.3) is 0 Å². The van der Waals surface area contributed by atoms with Crippen LogP contribution >= 0.6 is 0 Å². The molecule has 0 fully saturated rings. The van der Waals surface area contributed by atoms with Crippen molar-refractivity contribution in [2.45, 2.75) is 46.6 Å². The van der Waals surface area contributed by atoms with Crippen molar-refractivity contribution in [2.75, 3.05) is 33.4 Å². The number of rotatable bonds is 11. The fraction of sp³-hybridized carbons (Fsp3) is 0.812. The maximum Gasteiger partial charge on any atom is 0.320 e. The van der Waals surface area contributed by atoms with Gasteiger partial charge < -0.3 is 14.8 Å². The zero-order valence-electron chi connectivity index (χ0n) is 14.9. The van der Waals surface area contributed by atoms with Gasteiger partial charge in [0.25, 0.3) is 0 Å². The summed E-state index contributed by atoms with van der Waals surface area (Å²) in [6.07, 6.45) is 0.932. The van der Waals surface area contributed by atoms with Crippen LogP contribution in [0, 0.1) is 5.92 Å². The van der Waals surface area contributed by atoms with Gasteiger partial charge in [-0.1, -0.05) is 0 Å². The zero-order chi connectivity index (χ0) is 17.8. The van der Waals surface area contributed by atoms with Crippen LogP contribution in [-0.2, 0) is 23.9 Å². The summed E-state index contributed by atoms with van der Waals surface area (Å²) in [6, 6.07) is 0.105. The molecule has 0 atom stereocenters. The van der Waals surface area contributed by atoms with Crippen molar-refractivity contribution in [3.8, 4) is 0 Å². The maximum absolute atomic E-state index is 11.8. The van der Waals surface area contributed by atoms with Gasteiger partial charge >= 0.3 is 11.9 Å². The van der Waals surface area contributed by atoms with Gasteiger partial charge in [-0.05, 0) is 54.1 Å². The van der Waals surface area contributed by atoms with E-state index in [0.29, 0.717) is 19.4 Å². The molecule has 0 bridgehead atoms. The number of carbonyl (C=O) groups is 3. The Morgan fingerprint density at radius 2 is 1.57 bits per heavy atom. The van der Waals surface area contributed by atoms with E-state index in [0.717, 1.165) is 0 Å². The van der Waals surface area contributed by atoms with Crippen molar-refractivity contribution in [2.24, 2.45) is 5.92 Å². The number of hydrogen-bond donors (Lipinski definition) is 1. The summed E-state index contributed by atoms with van der Waals surface area (Å²) in [4.78, 5) is 37.2. The Labute approximate surface area is 138 Å². The Kier molecular flexibility index (Phi) is 11.0. The van der Waals surface area contributed by atoms with Gasteiger partial charge in [0, 0.05) is 6.04 Å². The number of ether oxygens (including phenoxy) is 2. The van der Waals surface area contributed by atoms with Gasteiger partial charge in [0.05, 0.1) is 19.8 Å². The van der Waals surface area contributed by atoms with E-state index in [4.69, 9.17) is 9.47 Å². The molecule has 0 heterocycles. The Balaban J connectivity index is 4.32. The lowest BCUT2D eigenvalue weighted by atomic mass is 10.0. The number of carbonyl (C=O) groups excluding carboxylic acids is 3. The average molecular weight is 330 g/mol. The number of esters is 2. The van der Waals surface area contributed by atoms with Crippen LogP contribution < -0.4 is 5.32 Å². The molecule has 0 aromatic carbocycles. The van der Waals surface area contributed by atoms with E-state index in [9.17, 15) is 14.4 Å². The first-order chi connectivity index (χ1) is 10.8. The van der Waals surface area contributed by atoms with Gasteiger partial charge in [-0.25, -0.2) is 0 Å². The molecule has 0 unspecified atom stereocenters. The molecule has 1 amide bonds. The Hall–Kier alpha value is -1.63. The smallest absolute Gasteiger partial charge is 0.320 e. The van der Waals surface area contributed by atoms with Crippen molar-refractivity contribution in [1.29, 1.82) is 0 Å². The Morgan fingerprint density at radius 3 is 2.00 bits per heavy atom. The third-order valence-electron chi connectivity index (χ3n) is 3.04. The van der Waals surface area contributed by atoms with Crippen LogP contribution in [0.5, 0.6) is 0 Å². The van der Waals surface area contributed by atoms with Gasteiger partial charge in [0.15, 0.2) is 5.92 Å². The van der Waals surface area contributed by atoms with Crippen molar-refractivity contribution in [3.05, 3.63) is 0 Å². The molecule has 0 aliphatic heterocycles. The van der Waals surface area contributed by atoms with Crippen LogP contribution in [0.15, 0.2) is 0 Å². The second kappa shape index (κ2) is 11.9. The van der Waals surface area contributed by atoms with E-state index in [-0.39, 0.29) is 31.7 Å². The molecular formula is C16H30N2O5. The van der Waals surface area contributed by atoms with E-state index >= 15 is 0 Å². The lowest BCUT2D eigenvalue weighted by Crippen LogP contribution is -2.39. The number of likely N-dealkylation sites (N-methyl/N-ethyl adjacent to an activating group) is 1. The fourth-order valence-electron chi connectivity index (χ4n) is 2.07. The highest BCUT2D eigenvalue weighted by atomic mass is 16.6. The molecule has 0 aliphatic carbocycles. The maximum atomic E-state index is 11.8. The third kappa shape index (κ3) is 9.89. The summed E-state index contributed by atoms with van der Waals surface area (Å²) < 4.78 is 9.84. The summed E-state index contributed by atoms with van der Waals surface area (Å²) in [5.41, 5.74) is 0. The van der Waals surface area contributed by atoms with Crippen LogP contribution in [0.4, 0.5) is 0 Å². The topological polar surface area (TPSA) is 84.9 Å². The summed E-state index contributed by atoms with van der Waals surface area (Å²) >= 11 is 0. The first kappa shape index (κ1) is 21.4. The van der Waals surface area contributed by atoms with Crippen molar-refractivity contribution < 1.29 is 23.9 Å². The molecule has 0 aliphatic rings. The molecule has 1 N–H and O–H groups in total. The number of nitrogens with zero attached hydrogens (tertiary/aromatic N) is 1. The molecule has 7 nitrogen and oxygen atoms in total. The van der Waals surface area contributed by atoms with Gasteiger partial charge in [-0.3, -0.25) is 19.3 Å². The Bertz CT molecular complexity index is 367. The lowest BCUT2D eigenvalue weighted by molar-refractivity contribution is -0.162. The van der Waals surface area contributed by atoms with Gasteiger partial charge in [0.1, 0.15) is 0 Å². The summed E-state index contributed by atoms with van der Waals surface area (Å²) in [6.45, 7) is 8.53. The monoisotopic (exact) mass is 330 g/mol. The van der Waals surface area contributed by atoms with Crippen molar-refractivity contribution in [3.63, 3.8) is 0 Å². The quantitative estimate of drug-likeness (QED) is 0.449. The second-order valence-electron chi connectivity index (χ2n) is 5.66. The standard InChI is InChI=1S/C16H30N2O5/c1-6-22-15(20)13(16(21)23-7-2)9-8-10-18(5)11-14(19)17-12(3)4/h12-13H,6-11H2,1-5H3,(H,17,19). The summed E-state index contributed by atoms with van der Waals surface area (Å²) in [7, 11) is 1.82. The predicted molar refractivity (Wildman–Crippen MR) is 86.8 cm³/mol. The molecular weight excluding hydrogens is 300 g/mol. The van der Waals surface area contributed by atoms with Gasteiger partial charge in [0.2, 0.25) is 5.91 Å². The summed E-state index contributed by atoms with van der Waals surface area (Å²) in [5.74, 6) is -2.04. The van der Waals surface area contributed by atoms with E-state index in [1.807, 2.05) is 25.8 Å². The van der Waals surface area contributed by atoms with E-state index in [1.165, 1.54) is 0 Å².